The highest BCUT2D eigenvalue weighted by atomic mass is 32.1. The maximum absolute atomic E-state index is 12.8. The number of carbonyl (C=O) groups excluding carboxylic acids is 2. The number of thiazole rings is 1. The number of rotatable bonds is 8. The van der Waals surface area contributed by atoms with Crippen molar-refractivity contribution in [3.63, 3.8) is 0 Å². The molecule has 0 saturated heterocycles. The molecule has 1 aliphatic rings. The van der Waals surface area contributed by atoms with Crippen molar-refractivity contribution in [3.05, 3.63) is 33.8 Å². The number of anilines is 1. The number of carbonyl (C=O) groups is 2. The maximum Gasteiger partial charge on any atom is 0.340 e. The van der Waals surface area contributed by atoms with Gasteiger partial charge >= 0.3 is 5.97 Å². The maximum atomic E-state index is 12.8. The summed E-state index contributed by atoms with van der Waals surface area (Å²) in [5, 5.41) is 5.78. The molecule has 0 spiro atoms. The second-order valence-corrected chi connectivity index (χ2v) is 8.18. The van der Waals surface area contributed by atoms with Crippen molar-refractivity contribution >= 4 is 28.9 Å². The summed E-state index contributed by atoms with van der Waals surface area (Å²) in [6.45, 7) is 2.10. The molecule has 1 aromatic carbocycles. The summed E-state index contributed by atoms with van der Waals surface area (Å²) in [7, 11) is 3.00. The van der Waals surface area contributed by atoms with Gasteiger partial charge in [-0.3, -0.25) is 4.79 Å². The molecule has 1 aromatic heterocycles. The van der Waals surface area contributed by atoms with E-state index in [4.69, 9.17) is 14.2 Å². The minimum absolute atomic E-state index is 0.0433. The second-order valence-electron chi connectivity index (χ2n) is 7.24. The fourth-order valence-corrected chi connectivity index (χ4v) is 4.28. The lowest BCUT2D eigenvalue weighted by atomic mass is 9.88. The fourth-order valence-electron chi connectivity index (χ4n) is 3.55. The normalized spacial score (nSPS) is 14.2. The van der Waals surface area contributed by atoms with Crippen LogP contribution in [0.5, 0.6) is 11.5 Å². The minimum Gasteiger partial charge on any atom is -0.493 e. The highest BCUT2D eigenvalue weighted by Gasteiger charge is 2.25. The van der Waals surface area contributed by atoms with Gasteiger partial charge in [-0.1, -0.05) is 26.2 Å². The van der Waals surface area contributed by atoms with E-state index in [0.29, 0.717) is 22.9 Å². The van der Waals surface area contributed by atoms with Crippen LogP contribution in [0.2, 0.25) is 0 Å². The Morgan fingerprint density at radius 3 is 2.47 bits per heavy atom. The molecule has 30 heavy (non-hydrogen) atoms. The van der Waals surface area contributed by atoms with Gasteiger partial charge < -0.3 is 19.5 Å². The predicted molar refractivity (Wildman–Crippen MR) is 115 cm³/mol. The Bertz CT molecular complexity index is 890. The van der Waals surface area contributed by atoms with Crippen LogP contribution in [0.1, 0.15) is 60.1 Å². The number of nitrogens with one attached hydrogen (secondary N) is 1. The van der Waals surface area contributed by atoms with Crippen molar-refractivity contribution in [2.75, 3.05) is 19.5 Å². The highest BCUT2D eigenvalue weighted by Crippen LogP contribution is 2.35. The number of esters is 1. The fraction of sp³-hybridized carbons (Fsp3) is 0.500. The molecular formula is C22H28N2O5S. The SMILES string of the molecule is CCc1nc(COC(=O)c2cc(OC)c(OC)cc2NC(=O)C2CCCCC2)cs1. The first-order valence-electron chi connectivity index (χ1n) is 10.2. The summed E-state index contributed by atoms with van der Waals surface area (Å²) in [5.74, 6) is 0.143. The molecule has 7 nitrogen and oxygen atoms in total. The van der Waals surface area contributed by atoms with E-state index in [1.54, 1.807) is 6.07 Å². The van der Waals surface area contributed by atoms with Gasteiger partial charge in [-0.05, 0) is 19.3 Å². The zero-order valence-electron chi connectivity index (χ0n) is 17.7. The van der Waals surface area contributed by atoms with Crippen molar-refractivity contribution in [2.45, 2.75) is 52.1 Å². The molecular weight excluding hydrogens is 404 g/mol. The average Bonchev–Trinajstić information content (AvgIpc) is 3.25. The summed E-state index contributed by atoms with van der Waals surface area (Å²) in [5.41, 5.74) is 1.29. The second kappa shape index (κ2) is 10.4. The summed E-state index contributed by atoms with van der Waals surface area (Å²) in [4.78, 5) is 30.0. The minimum atomic E-state index is -0.555. The van der Waals surface area contributed by atoms with Crippen LogP contribution in [0, 0.1) is 5.92 Å². The van der Waals surface area contributed by atoms with Gasteiger partial charge in [-0.15, -0.1) is 11.3 Å². The lowest BCUT2D eigenvalue weighted by Crippen LogP contribution is -2.26. The van der Waals surface area contributed by atoms with E-state index >= 15 is 0 Å². The zero-order chi connectivity index (χ0) is 21.5. The first-order valence-corrected chi connectivity index (χ1v) is 11.1. The lowest BCUT2D eigenvalue weighted by Gasteiger charge is -2.22. The van der Waals surface area contributed by atoms with E-state index in [2.05, 4.69) is 10.3 Å². The first kappa shape index (κ1) is 22.1. The van der Waals surface area contributed by atoms with Crippen LogP contribution < -0.4 is 14.8 Å². The topological polar surface area (TPSA) is 86.8 Å². The highest BCUT2D eigenvalue weighted by molar-refractivity contribution is 7.09. The van der Waals surface area contributed by atoms with Gasteiger partial charge in [-0.25, -0.2) is 9.78 Å². The summed E-state index contributed by atoms with van der Waals surface area (Å²) in [6, 6.07) is 3.14. The zero-order valence-corrected chi connectivity index (χ0v) is 18.5. The number of benzene rings is 1. The molecule has 1 N–H and O–H groups in total. The molecule has 3 rings (SSSR count). The molecule has 0 unspecified atom stereocenters. The number of amides is 1. The van der Waals surface area contributed by atoms with E-state index < -0.39 is 5.97 Å². The van der Waals surface area contributed by atoms with Crippen molar-refractivity contribution in [2.24, 2.45) is 5.92 Å². The van der Waals surface area contributed by atoms with E-state index in [1.165, 1.54) is 31.6 Å². The largest absolute Gasteiger partial charge is 0.493 e. The van der Waals surface area contributed by atoms with Gasteiger partial charge in [-0.2, -0.15) is 0 Å². The molecule has 1 saturated carbocycles. The van der Waals surface area contributed by atoms with E-state index in [-0.39, 0.29) is 24.0 Å². The average molecular weight is 433 g/mol. The molecule has 2 aromatic rings. The Labute approximate surface area is 180 Å². The van der Waals surface area contributed by atoms with Crippen molar-refractivity contribution in [1.29, 1.82) is 0 Å². The molecule has 1 aliphatic carbocycles. The monoisotopic (exact) mass is 432 g/mol. The molecule has 162 valence electrons. The van der Waals surface area contributed by atoms with Crippen LogP contribution in [0.25, 0.3) is 0 Å². The Hall–Kier alpha value is -2.61. The Kier molecular flexibility index (Phi) is 7.68. The number of aromatic nitrogens is 1. The number of hydrogen-bond donors (Lipinski definition) is 1. The van der Waals surface area contributed by atoms with Crippen LogP contribution in [-0.4, -0.2) is 31.1 Å². The molecule has 0 bridgehead atoms. The van der Waals surface area contributed by atoms with Gasteiger partial charge in [0.1, 0.15) is 6.61 Å². The molecule has 0 atom stereocenters. The molecule has 0 radical (unpaired) electrons. The van der Waals surface area contributed by atoms with E-state index in [9.17, 15) is 9.59 Å². The van der Waals surface area contributed by atoms with Gasteiger partial charge in [0.2, 0.25) is 5.91 Å². The number of nitrogens with zero attached hydrogens (tertiary/aromatic N) is 1. The summed E-state index contributed by atoms with van der Waals surface area (Å²) < 4.78 is 16.1. The van der Waals surface area contributed by atoms with Crippen LogP contribution in [0.3, 0.4) is 0 Å². The molecule has 0 aliphatic heterocycles. The first-order chi connectivity index (χ1) is 14.5. The van der Waals surface area contributed by atoms with Crippen molar-refractivity contribution in [1.82, 2.24) is 4.98 Å². The van der Waals surface area contributed by atoms with Crippen molar-refractivity contribution in [3.8, 4) is 11.5 Å². The van der Waals surface area contributed by atoms with Gasteiger partial charge in [0, 0.05) is 23.4 Å². The predicted octanol–water partition coefficient (Wildman–Crippen LogP) is 4.60. The van der Waals surface area contributed by atoms with Crippen molar-refractivity contribution < 1.29 is 23.8 Å². The number of aryl methyl sites for hydroxylation is 1. The van der Waals surface area contributed by atoms with Crippen LogP contribution in [-0.2, 0) is 22.6 Å². The third-order valence-electron chi connectivity index (χ3n) is 5.23. The third-order valence-corrected chi connectivity index (χ3v) is 6.27. The third kappa shape index (κ3) is 5.30. The number of hydrogen-bond acceptors (Lipinski definition) is 7. The lowest BCUT2D eigenvalue weighted by molar-refractivity contribution is -0.120. The van der Waals surface area contributed by atoms with Crippen LogP contribution >= 0.6 is 11.3 Å². The quantitative estimate of drug-likeness (QED) is 0.614. The number of ether oxygens (including phenoxy) is 3. The van der Waals surface area contributed by atoms with Gasteiger partial charge in [0.15, 0.2) is 11.5 Å². The smallest absolute Gasteiger partial charge is 0.340 e. The Morgan fingerprint density at radius 1 is 1.13 bits per heavy atom. The van der Waals surface area contributed by atoms with E-state index in [0.717, 1.165) is 43.5 Å². The van der Waals surface area contributed by atoms with Crippen LogP contribution in [0.15, 0.2) is 17.5 Å². The summed E-state index contributed by atoms with van der Waals surface area (Å²) >= 11 is 1.54. The summed E-state index contributed by atoms with van der Waals surface area (Å²) in [6.07, 6.45) is 5.82. The molecule has 1 fully saturated rings. The van der Waals surface area contributed by atoms with Gasteiger partial charge in [0.05, 0.1) is 36.2 Å². The standard InChI is InChI=1S/C22H28N2O5S/c1-4-20-23-15(13-30-20)12-29-22(26)16-10-18(27-2)19(28-3)11-17(16)24-21(25)14-8-6-5-7-9-14/h10-11,13-14H,4-9,12H2,1-3H3,(H,24,25). The number of methoxy groups -OCH3 is 2. The molecule has 1 amide bonds. The Balaban J connectivity index is 1.80. The Morgan fingerprint density at radius 2 is 1.83 bits per heavy atom. The van der Waals surface area contributed by atoms with E-state index in [1.807, 2.05) is 12.3 Å². The van der Waals surface area contributed by atoms with Gasteiger partial charge in [0.25, 0.3) is 0 Å². The molecule has 1 heterocycles. The molecule has 8 heteroatoms. The van der Waals surface area contributed by atoms with Crippen LogP contribution in [0.4, 0.5) is 5.69 Å².